The van der Waals surface area contributed by atoms with Gasteiger partial charge in [-0.2, -0.15) is 0 Å². The third-order valence-electron chi connectivity index (χ3n) is 3.33. The Bertz CT molecular complexity index is 967. The molecule has 0 spiro atoms. The second-order valence-corrected chi connectivity index (χ2v) is 6.98. The summed E-state index contributed by atoms with van der Waals surface area (Å²) in [5.74, 6) is 0.139. The number of sulfone groups is 1. The van der Waals surface area contributed by atoms with E-state index >= 15 is 0 Å². The molecule has 7 heteroatoms. The number of benzene rings is 2. The molecule has 0 fully saturated rings. The minimum atomic E-state index is -3.24. The largest absolute Gasteiger partial charge is 0.398 e. The molecular weight excluding hydrogens is 300 g/mol. The number of anilines is 2. The van der Waals surface area contributed by atoms with Crippen LogP contribution in [0.3, 0.4) is 0 Å². The molecule has 3 rings (SSSR count). The molecule has 0 atom stereocenters. The number of hydrogen-bond acceptors (Lipinski definition) is 6. The fraction of sp³-hybridized carbons (Fsp3) is 0.0667. The van der Waals surface area contributed by atoms with Crippen LogP contribution in [0, 0.1) is 0 Å². The van der Waals surface area contributed by atoms with E-state index in [2.05, 4.69) is 9.97 Å². The van der Waals surface area contributed by atoms with Gasteiger partial charge in [-0.05, 0) is 24.3 Å². The monoisotopic (exact) mass is 314 g/mol. The fourth-order valence-corrected chi connectivity index (χ4v) is 2.93. The molecule has 112 valence electrons. The van der Waals surface area contributed by atoms with Gasteiger partial charge in [0.05, 0.1) is 16.1 Å². The molecule has 0 aliphatic heterocycles. The third-order valence-corrected chi connectivity index (χ3v) is 4.46. The zero-order valence-corrected chi connectivity index (χ0v) is 12.6. The van der Waals surface area contributed by atoms with Crippen molar-refractivity contribution in [3.63, 3.8) is 0 Å². The van der Waals surface area contributed by atoms with E-state index in [9.17, 15) is 8.42 Å². The summed E-state index contributed by atoms with van der Waals surface area (Å²) < 4.78 is 23.1. The Morgan fingerprint density at radius 1 is 0.955 bits per heavy atom. The van der Waals surface area contributed by atoms with E-state index in [4.69, 9.17) is 11.5 Å². The molecule has 1 heterocycles. The lowest BCUT2D eigenvalue weighted by molar-refractivity contribution is 0.602. The van der Waals surface area contributed by atoms with Crippen LogP contribution in [-0.4, -0.2) is 24.6 Å². The van der Waals surface area contributed by atoms with Crippen LogP contribution in [-0.2, 0) is 9.84 Å². The van der Waals surface area contributed by atoms with E-state index in [-0.39, 0.29) is 10.8 Å². The highest BCUT2D eigenvalue weighted by atomic mass is 32.2. The van der Waals surface area contributed by atoms with Gasteiger partial charge in [-0.15, -0.1) is 0 Å². The van der Waals surface area contributed by atoms with Crippen LogP contribution in [0.15, 0.2) is 47.4 Å². The van der Waals surface area contributed by atoms with Crippen molar-refractivity contribution in [2.45, 2.75) is 4.90 Å². The summed E-state index contributed by atoms with van der Waals surface area (Å²) in [6, 6.07) is 11.8. The van der Waals surface area contributed by atoms with E-state index in [1.165, 1.54) is 12.1 Å². The van der Waals surface area contributed by atoms with Crippen molar-refractivity contribution in [2.24, 2.45) is 0 Å². The molecule has 0 aliphatic carbocycles. The van der Waals surface area contributed by atoms with Crippen molar-refractivity contribution in [3.8, 4) is 11.3 Å². The summed E-state index contributed by atoms with van der Waals surface area (Å²) in [5, 5.41) is 0.698. The first-order valence-electron chi connectivity index (χ1n) is 6.48. The van der Waals surface area contributed by atoms with E-state index < -0.39 is 9.84 Å². The highest BCUT2D eigenvalue weighted by Crippen LogP contribution is 2.31. The predicted molar refractivity (Wildman–Crippen MR) is 86.9 cm³/mol. The van der Waals surface area contributed by atoms with Gasteiger partial charge in [-0.25, -0.2) is 18.4 Å². The first-order chi connectivity index (χ1) is 10.4. The molecule has 4 N–H and O–H groups in total. The maximum Gasteiger partial charge on any atom is 0.221 e. The summed E-state index contributed by atoms with van der Waals surface area (Å²) in [6.07, 6.45) is 1.16. The Kier molecular flexibility index (Phi) is 3.22. The van der Waals surface area contributed by atoms with Crippen LogP contribution in [0.5, 0.6) is 0 Å². The SMILES string of the molecule is CS(=O)(=O)c1ccc(-c2nc(N)nc3cccc(N)c23)cc1. The van der Waals surface area contributed by atoms with Gasteiger partial charge >= 0.3 is 0 Å². The van der Waals surface area contributed by atoms with E-state index in [0.29, 0.717) is 22.3 Å². The third kappa shape index (κ3) is 2.46. The van der Waals surface area contributed by atoms with Crippen LogP contribution in [0.1, 0.15) is 0 Å². The normalized spacial score (nSPS) is 11.7. The van der Waals surface area contributed by atoms with Gasteiger partial charge in [0.1, 0.15) is 0 Å². The molecule has 1 aromatic heterocycles. The number of nitrogen functional groups attached to an aromatic ring is 2. The summed E-state index contributed by atoms with van der Waals surface area (Å²) in [4.78, 5) is 8.68. The van der Waals surface area contributed by atoms with Crippen LogP contribution >= 0.6 is 0 Å². The minimum Gasteiger partial charge on any atom is -0.398 e. The number of rotatable bonds is 2. The predicted octanol–water partition coefficient (Wildman–Crippen LogP) is 1.86. The summed E-state index contributed by atoms with van der Waals surface area (Å²) in [7, 11) is -3.24. The number of nitrogens with two attached hydrogens (primary N) is 2. The van der Waals surface area contributed by atoms with Crippen LogP contribution in [0.4, 0.5) is 11.6 Å². The molecule has 6 nitrogen and oxygen atoms in total. The maximum absolute atomic E-state index is 11.5. The number of aromatic nitrogens is 2. The highest BCUT2D eigenvalue weighted by molar-refractivity contribution is 7.90. The van der Waals surface area contributed by atoms with Crippen LogP contribution < -0.4 is 11.5 Å². The highest BCUT2D eigenvalue weighted by Gasteiger charge is 2.13. The number of hydrogen-bond donors (Lipinski definition) is 2. The Labute approximate surface area is 127 Å². The first kappa shape index (κ1) is 14.3. The van der Waals surface area contributed by atoms with Crippen molar-refractivity contribution in [1.82, 2.24) is 9.97 Å². The fourth-order valence-electron chi connectivity index (χ4n) is 2.30. The van der Waals surface area contributed by atoms with Gasteiger partial charge in [0.2, 0.25) is 5.95 Å². The summed E-state index contributed by atoms with van der Waals surface area (Å²) >= 11 is 0. The molecule has 0 bridgehead atoms. The lowest BCUT2D eigenvalue weighted by atomic mass is 10.1. The molecule has 0 saturated carbocycles. The zero-order valence-electron chi connectivity index (χ0n) is 11.8. The van der Waals surface area contributed by atoms with Crippen molar-refractivity contribution >= 4 is 32.4 Å². The first-order valence-corrected chi connectivity index (χ1v) is 8.37. The lowest BCUT2D eigenvalue weighted by Crippen LogP contribution is -2.01. The number of nitrogens with zero attached hydrogens (tertiary/aromatic N) is 2. The van der Waals surface area contributed by atoms with Gasteiger partial charge < -0.3 is 11.5 Å². The van der Waals surface area contributed by atoms with E-state index in [1.54, 1.807) is 30.3 Å². The quantitative estimate of drug-likeness (QED) is 0.698. The molecule has 22 heavy (non-hydrogen) atoms. The molecule has 2 aromatic carbocycles. The summed E-state index contributed by atoms with van der Waals surface area (Å²) in [5.41, 5.74) is 14.3. The average Bonchev–Trinajstić information content (AvgIpc) is 2.45. The average molecular weight is 314 g/mol. The Morgan fingerprint density at radius 3 is 2.27 bits per heavy atom. The number of fused-ring (bicyclic) bond motifs is 1. The lowest BCUT2D eigenvalue weighted by Gasteiger charge is -2.09. The molecule has 0 unspecified atom stereocenters. The van der Waals surface area contributed by atoms with Gasteiger partial charge in [-0.3, -0.25) is 0 Å². The Hall–Kier alpha value is -2.67. The minimum absolute atomic E-state index is 0.139. The zero-order chi connectivity index (χ0) is 15.9. The second kappa shape index (κ2) is 4.96. The molecular formula is C15H14N4O2S. The van der Waals surface area contributed by atoms with Crippen molar-refractivity contribution in [3.05, 3.63) is 42.5 Å². The van der Waals surface area contributed by atoms with Crippen LogP contribution in [0.2, 0.25) is 0 Å². The topological polar surface area (TPSA) is 112 Å². The van der Waals surface area contributed by atoms with Crippen molar-refractivity contribution < 1.29 is 8.42 Å². The molecule has 3 aromatic rings. The molecule has 0 aliphatic rings. The molecule has 0 radical (unpaired) electrons. The molecule has 0 amide bonds. The van der Waals surface area contributed by atoms with Crippen molar-refractivity contribution in [1.29, 1.82) is 0 Å². The van der Waals surface area contributed by atoms with Crippen molar-refractivity contribution in [2.75, 3.05) is 17.7 Å². The summed E-state index contributed by atoms with van der Waals surface area (Å²) in [6.45, 7) is 0. The maximum atomic E-state index is 11.5. The second-order valence-electron chi connectivity index (χ2n) is 4.97. The molecule has 0 saturated heterocycles. The van der Waals surface area contributed by atoms with Gasteiger partial charge in [0.15, 0.2) is 9.84 Å². The van der Waals surface area contributed by atoms with Gasteiger partial charge in [-0.1, -0.05) is 18.2 Å². The standard InChI is InChI=1S/C15H14N4O2S/c1-22(20,21)10-7-5-9(6-8-10)14-13-11(16)3-2-4-12(13)18-15(17)19-14/h2-8H,16H2,1H3,(H2,17,18,19). The van der Waals surface area contributed by atoms with Crippen LogP contribution in [0.25, 0.3) is 22.2 Å². The van der Waals surface area contributed by atoms with E-state index in [0.717, 1.165) is 11.8 Å². The smallest absolute Gasteiger partial charge is 0.221 e. The Balaban J connectivity index is 2.26. The van der Waals surface area contributed by atoms with E-state index in [1.807, 2.05) is 0 Å². The Morgan fingerprint density at radius 2 is 1.64 bits per heavy atom. The van der Waals surface area contributed by atoms with Gasteiger partial charge in [0, 0.05) is 22.9 Å². The van der Waals surface area contributed by atoms with Gasteiger partial charge in [0.25, 0.3) is 0 Å².